The molecule has 2 aliphatic heterocycles. The van der Waals surface area contributed by atoms with E-state index in [0.717, 1.165) is 11.3 Å². The van der Waals surface area contributed by atoms with Crippen LogP contribution in [-0.2, 0) is 11.2 Å². The maximum atomic E-state index is 13.3. The van der Waals surface area contributed by atoms with E-state index < -0.39 is 11.2 Å². The summed E-state index contributed by atoms with van der Waals surface area (Å²) in [7, 11) is 0. The van der Waals surface area contributed by atoms with Crippen LogP contribution in [0.1, 0.15) is 41.1 Å². The number of carbonyl (C=O) groups excluding carboxylic acids is 1. The van der Waals surface area contributed by atoms with Crippen LogP contribution in [0, 0.1) is 6.92 Å². The van der Waals surface area contributed by atoms with Gasteiger partial charge < -0.3 is 30.0 Å². The number of amides is 1. The highest BCUT2D eigenvalue weighted by molar-refractivity contribution is 7.83. The summed E-state index contributed by atoms with van der Waals surface area (Å²) in [6.45, 7) is 6.01. The van der Waals surface area contributed by atoms with Crippen molar-refractivity contribution in [3.8, 4) is 5.75 Å². The van der Waals surface area contributed by atoms with Gasteiger partial charge in [0.1, 0.15) is 5.76 Å². The van der Waals surface area contributed by atoms with Gasteiger partial charge >= 0.3 is 0 Å². The fourth-order valence-electron chi connectivity index (χ4n) is 4.29. The number of piperazine rings is 1. The number of carbonyl (C=O) groups is 1. The minimum atomic E-state index is -1.82. The Bertz CT molecular complexity index is 1400. The van der Waals surface area contributed by atoms with E-state index in [2.05, 4.69) is 29.4 Å². The van der Waals surface area contributed by atoms with Crippen molar-refractivity contribution in [3.05, 3.63) is 65.9 Å². The lowest BCUT2D eigenvalue weighted by Gasteiger charge is -2.34. The Morgan fingerprint density at radius 3 is 2.55 bits per heavy atom. The molecule has 1 amide bonds. The molecular formula is C25H28N8O4S. The average Bonchev–Trinajstić information content (AvgIpc) is 3.53. The number of aromatic hydroxyl groups is 1. The van der Waals surface area contributed by atoms with E-state index in [1.807, 2.05) is 24.8 Å². The van der Waals surface area contributed by atoms with Gasteiger partial charge in [0.05, 0.1) is 23.6 Å². The Labute approximate surface area is 222 Å². The van der Waals surface area contributed by atoms with Crippen molar-refractivity contribution in [2.24, 2.45) is 8.80 Å². The van der Waals surface area contributed by atoms with Crippen LogP contribution >= 0.6 is 0 Å². The van der Waals surface area contributed by atoms with Crippen molar-refractivity contribution in [2.45, 2.75) is 26.3 Å². The van der Waals surface area contributed by atoms with Gasteiger partial charge in [-0.25, -0.2) is 14.2 Å². The first kappa shape index (κ1) is 25.4. The summed E-state index contributed by atoms with van der Waals surface area (Å²) in [5.41, 5.74) is 1.40. The van der Waals surface area contributed by atoms with Gasteiger partial charge in [0, 0.05) is 38.6 Å². The second-order valence-corrected chi connectivity index (χ2v) is 9.72. The quantitative estimate of drug-likeness (QED) is 0.404. The van der Waals surface area contributed by atoms with Crippen LogP contribution in [-0.4, -0.2) is 67.9 Å². The lowest BCUT2D eigenvalue weighted by molar-refractivity contribution is 0.0743. The summed E-state index contributed by atoms with van der Waals surface area (Å²) in [6.07, 6.45) is 5.72. The molecule has 38 heavy (non-hydrogen) atoms. The molecule has 12 nitrogen and oxygen atoms in total. The van der Waals surface area contributed by atoms with Crippen LogP contribution in [0.4, 0.5) is 11.6 Å². The minimum Gasteiger partial charge on any atom is -0.505 e. The van der Waals surface area contributed by atoms with Crippen molar-refractivity contribution in [1.82, 2.24) is 20.2 Å². The lowest BCUT2D eigenvalue weighted by atomic mass is 10.1. The number of anilines is 2. The van der Waals surface area contributed by atoms with E-state index in [-0.39, 0.29) is 40.6 Å². The first-order valence-electron chi connectivity index (χ1n) is 12.2. The molecule has 13 heteroatoms. The second kappa shape index (κ2) is 11.0. The highest BCUT2D eigenvalue weighted by atomic mass is 32.2. The van der Waals surface area contributed by atoms with Crippen molar-refractivity contribution < 1.29 is 18.5 Å². The van der Waals surface area contributed by atoms with Crippen LogP contribution in [0.5, 0.6) is 5.75 Å². The van der Waals surface area contributed by atoms with Crippen molar-refractivity contribution >= 4 is 40.4 Å². The zero-order chi connectivity index (χ0) is 26.6. The number of aryl methyl sites for hydroxylation is 1. The summed E-state index contributed by atoms with van der Waals surface area (Å²) in [5, 5.41) is 17.2. The third-order valence-electron chi connectivity index (χ3n) is 6.30. The zero-order valence-corrected chi connectivity index (χ0v) is 21.8. The molecule has 4 heterocycles. The number of furan rings is 1. The molecule has 0 spiro atoms. The van der Waals surface area contributed by atoms with Gasteiger partial charge in [0.25, 0.3) is 17.1 Å². The minimum absolute atomic E-state index is 0.156. The van der Waals surface area contributed by atoms with E-state index in [9.17, 15) is 14.1 Å². The smallest absolute Gasteiger partial charge is 0.269 e. The number of benzene rings is 1. The summed E-state index contributed by atoms with van der Waals surface area (Å²) in [5.74, 6) is 1.31. The summed E-state index contributed by atoms with van der Waals surface area (Å²) in [4.78, 5) is 25.5. The number of amidine groups is 2. The van der Waals surface area contributed by atoms with E-state index in [1.165, 1.54) is 0 Å². The van der Waals surface area contributed by atoms with E-state index in [0.29, 0.717) is 38.5 Å². The van der Waals surface area contributed by atoms with E-state index in [1.54, 1.807) is 47.8 Å². The first-order chi connectivity index (χ1) is 18.4. The standard InChI is InChI=1S/C25H28N8O4S/c1-3-18(20-14-16(2)15-37-20)28-22-23(31-38(36)30-22)29-19-7-4-6-17(21(19)34)24(35)32-10-12-33(13-11-32)25-26-8-5-9-27-25/h4-9,14-15,18,34H,3,10-13H2,1-2H3,(H,28,30)(H,29,31)/t18-,38?/m1/s1. The number of hydrogen-bond acceptors (Lipinski definition) is 9. The molecule has 0 aliphatic carbocycles. The zero-order valence-electron chi connectivity index (χ0n) is 21.0. The van der Waals surface area contributed by atoms with Crippen molar-refractivity contribution in [1.29, 1.82) is 0 Å². The number of phenols is 1. The number of rotatable bonds is 6. The number of nitrogens with one attached hydrogen (secondary N) is 2. The van der Waals surface area contributed by atoms with Gasteiger partial charge in [-0.1, -0.05) is 13.0 Å². The number of nitrogens with zero attached hydrogens (tertiary/aromatic N) is 6. The van der Waals surface area contributed by atoms with E-state index in [4.69, 9.17) is 4.42 Å². The third-order valence-corrected chi connectivity index (χ3v) is 6.98. The molecule has 1 fully saturated rings. The Kier molecular flexibility index (Phi) is 7.36. The number of aromatic nitrogens is 2. The van der Waals surface area contributed by atoms with Gasteiger partial charge in [-0.05, 0) is 43.2 Å². The Morgan fingerprint density at radius 2 is 1.87 bits per heavy atom. The molecule has 3 N–H and O–H groups in total. The molecule has 2 aliphatic rings. The van der Waals surface area contributed by atoms with Crippen LogP contribution in [0.15, 0.2) is 62.2 Å². The fourth-order valence-corrected chi connectivity index (χ4v) is 4.92. The Balaban J connectivity index is 1.28. The number of hydrogen-bond donors (Lipinski definition) is 3. The highest BCUT2D eigenvalue weighted by Crippen LogP contribution is 2.30. The Morgan fingerprint density at radius 1 is 1.13 bits per heavy atom. The van der Waals surface area contributed by atoms with Crippen LogP contribution < -0.4 is 15.5 Å². The monoisotopic (exact) mass is 536 g/mol. The molecule has 1 aromatic carbocycles. The van der Waals surface area contributed by atoms with Gasteiger partial charge in [-0.3, -0.25) is 4.79 Å². The molecule has 2 atom stereocenters. The average molecular weight is 537 g/mol. The van der Waals surface area contributed by atoms with Gasteiger partial charge in [-0.15, -0.1) is 8.80 Å². The number of para-hydroxylation sites is 1. The van der Waals surface area contributed by atoms with Crippen molar-refractivity contribution in [2.75, 3.05) is 36.4 Å². The lowest BCUT2D eigenvalue weighted by Crippen LogP contribution is -2.49. The summed E-state index contributed by atoms with van der Waals surface area (Å²) >= 11 is -1.82. The van der Waals surface area contributed by atoms with Crippen LogP contribution in [0.25, 0.3) is 0 Å². The predicted octanol–water partition coefficient (Wildman–Crippen LogP) is 2.59. The largest absolute Gasteiger partial charge is 0.505 e. The summed E-state index contributed by atoms with van der Waals surface area (Å²) < 4.78 is 25.9. The highest BCUT2D eigenvalue weighted by Gasteiger charge is 2.28. The normalized spacial score (nSPS) is 18.1. The van der Waals surface area contributed by atoms with E-state index >= 15 is 0 Å². The van der Waals surface area contributed by atoms with Gasteiger partial charge in [0.15, 0.2) is 17.4 Å². The molecule has 1 unspecified atom stereocenters. The van der Waals surface area contributed by atoms with Gasteiger partial charge in [-0.2, -0.15) is 0 Å². The Hall–Kier alpha value is -4.26. The molecule has 1 saturated heterocycles. The first-order valence-corrected chi connectivity index (χ1v) is 13.3. The molecular weight excluding hydrogens is 508 g/mol. The van der Waals surface area contributed by atoms with Crippen LogP contribution in [0.3, 0.4) is 0 Å². The second-order valence-electron chi connectivity index (χ2n) is 8.90. The van der Waals surface area contributed by atoms with Crippen molar-refractivity contribution in [3.63, 3.8) is 0 Å². The summed E-state index contributed by atoms with van der Waals surface area (Å²) in [6, 6.07) is 8.32. The molecule has 0 saturated carbocycles. The molecule has 2 aromatic heterocycles. The molecule has 5 rings (SSSR count). The fraction of sp³-hybridized carbons (Fsp3) is 0.320. The molecule has 198 valence electrons. The SMILES string of the molecule is CC[C@@H](NC1=NS(=O)N=C1Nc1cccc(C(=O)N2CCN(c3ncccn3)CC2)c1O)c1cc(C)co1. The third kappa shape index (κ3) is 5.37. The maximum absolute atomic E-state index is 13.3. The predicted molar refractivity (Wildman–Crippen MR) is 145 cm³/mol. The van der Waals surface area contributed by atoms with Gasteiger partial charge in [0.2, 0.25) is 5.95 Å². The molecule has 0 radical (unpaired) electrons. The number of phenolic OH excluding ortho intramolecular Hbond substituents is 1. The maximum Gasteiger partial charge on any atom is 0.269 e. The van der Waals surface area contributed by atoms with Crippen LogP contribution in [0.2, 0.25) is 0 Å². The molecule has 0 bridgehead atoms. The molecule has 3 aromatic rings. The topological polar surface area (TPSA) is 149 Å².